The zero-order valence-corrected chi connectivity index (χ0v) is 55.8. The molecule has 0 unspecified atom stereocenters. The molecule has 1 aliphatic rings. The lowest BCUT2D eigenvalue weighted by Gasteiger charge is -2.19. The standard InChI is InChI=1S/C26H29N5O4.C25H24N6O2.C22H21N5O4/c1-26(2,3)14-35-24-21-18(15-6-9-17(32)10-7-15)13-28-22(21)30-25(31-24)29-19-11-8-16(23(33)27-4)12-20(19)34-5;1-31-21-11-8-17(12-16(21)13-27-31)28-25-29-23-22(24(30-25)33-19-4-2-3-5-19)20(14-26-23)15-6-9-18(32)10-7-15;1-23-20(29)13-6-9-16(17(10-13)30-2)25-22-26-19-18(21(27-22)31-3)15(11-24-19)12-4-7-14(28)8-5-12/h6-13,32H,14H2,1-5H3,(H,27,33)(H2,28,29,30,31);6-14,19,32H,2-5H2,1H3,(H2,26,28,29,30);4-11,28H,1-3H3,(H,23,29)(H2,24,25,26,27). The molecule has 7 aromatic heterocycles. The number of aromatic hydroxyl groups is 3. The Bertz CT molecular complexity index is 5060. The van der Waals surface area contributed by atoms with E-state index >= 15 is 0 Å². The van der Waals surface area contributed by atoms with Crippen LogP contribution in [0.25, 0.3) is 77.4 Å². The maximum atomic E-state index is 12.0. The van der Waals surface area contributed by atoms with Crippen molar-refractivity contribution in [3.05, 3.63) is 163 Å². The van der Waals surface area contributed by atoms with E-state index in [1.807, 2.05) is 91.1 Å². The molecule has 506 valence electrons. The van der Waals surface area contributed by atoms with Crippen molar-refractivity contribution in [3.63, 3.8) is 0 Å². The molecular weight excluding hydrogens is 1260 g/mol. The van der Waals surface area contributed by atoms with Crippen LogP contribution in [-0.2, 0) is 7.05 Å². The average Bonchev–Trinajstić information content (AvgIpc) is 1.67. The van der Waals surface area contributed by atoms with E-state index in [9.17, 15) is 24.9 Å². The van der Waals surface area contributed by atoms with E-state index in [0.29, 0.717) is 93.0 Å². The van der Waals surface area contributed by atoms with Gasteiger partial charge in [0.05, 0.1) is 67.2 Å². The summed E-state index contributed by atoms with van der Waals surface area (Å²) < 4.78 is 30.9. The van der Waals surface area contributed by atoms with E-state index in [1.165, 1.54) is 34.2 Å². The first-order chi connectivity index (χ1) is 47.8. The molecule has 26 nitrogen and oxygen atoms in total. The zero-order valence-electron chi connectivity index (χ0n) is 55.8. The number of methoxy groups -OCH3 is 3. The number of hydrogen-bond acceptors (Lipinski definition) is 20. The Morgan fingerprint density at radius 3 is 1.41 bits per heavy atom. The van der Waals surface area contributed by atoms with Crippen LogP contribution in [0.3, 0.4) is 0 Å². The van der Waals surface area contributed by atoms with E-state index < -0.39 is 0 Å². The number of nitrogens with one attached hydrogen (secondary N) is 8. The number of nitrogens with zero attached hydrogens (tertiary/aromatic N) is 8. The lowest BCUT2D eigenvalue weighted by atomic mass is 9.99. The van der Waals surface area contributed by atoms with E-state index in [0.717, 1.165) is 79.0 Å². The number of aryl methyl sites for hydroxylation is 1. The van der Waals surface area contributed by atoms with Gasteiger partial charge >= 0.3 is 0 Å². The molecule has 0 spiro atoms. The van der Waals surface area contributed by atoms with Crippen molar-refractivity contribution < 1.29 is 48.6 Å². The number of phenols is 3. The first-order valence-corrected chi connectivity index (χ1v) is 31.8. The molecule has 7 heterocycles. The molecule has 0 atom stereocenters. The van der Waals surface area contributed by atoms with Gasteiger partial charge < -0.3 is 80.5 Å². The Hall–Kier alpha value is -12.6. The fourth-order valence-electron chi connectivity index (χ4n) is 11.3. The Morgan fingerprint density at radius 2 is 0.970 bits per heavy atom. The summed E-state index contributed by atoms with van der Waals surface area (Å²) in [7, 11) is 9.66. The van der Waals surface area contributed by atoms with Gasteiger partial charge in [-0.15, -0.1) is 0 Å². The van der Waals surface area contributed by atoms with Crippen LogP contribution < -0.4 is 50.3 Å². The summed E-state index contributed by atoms with van der Waals surface area (Å²) in [4.78, 5) is 61.4. The Kier molecular flexibility index (Phi) is 19.3. The highest BCUT2D eigenvalue weighted by molar-refractivity contribution is 6.01. The van der Waals surface area contributed by atoms with Gasteiger partial charge in [-0.1, -0.05) is 57.2 Å². The molecule has 0 radical (unpaired) electrons. The molecule has 13 aromatic rings. The van der Waals surface area contributed by atoms with Crippen molar-refractivity contribution >= 4 is 90.7 Å². The lowest BCUT2D eigenvalue weighted by molar-refractivity contribution is 0.0955. The topological polar surface area (TPSA) is 344 Å². The molecular formula is C73H74N16O10. The van der Waals surface area contributed by atoms with E-state index in [-0.39, 0.29) is 40.6 Å². The van der Waals surface area contributed by atoms with Gasteiger partial charge in [0.1, 0.15) is 51.8 Å². The molecule has 99 heavy (non-hydrogen) atoms. The summed E-state index contributed by atoms with van der Waals surface area (Å²) in [6, 6.07) is 37.1. The van der Waals surface area contributed by atoms with Crippen molar-refractivity contribution in [2.24, 2.45) is 12.5 Å². The summed E-state index contributed by atoms with van der Waals surface area (Å²) in [5.41, 5.74) is 11.3. The molecule has 0 saturated heterocycles. The number of rotatable bonds is 18. The van der Waals surface area contributed by atoms with Gasteiger partial charge in [0.2, 0.25) is 35.5 Å². The van der Waals surface area contributed by atoms with Crippen LogP contribution >= 0.6 is 0 Å². The molecule has 11 N–H and O–H groups in total. The van der Waals surface area contributed by atoms with Crippen LogP contribution in [0.2, 0.25) is 0 Å². The fourth-order valence-corrected chi connectivity index (χ4v) is 11.3. The van der Waals surface area contributed by atoms with Crippen molar-refractivity contribution in [2.75, 3.05) is 58.0 Å². The third-order valence-electron chi connectivity index (χ3n) is 16.3. The van der Waals surface area contributed by atoms with Gasteiger partial charge in [-0.3, -0.25) is 14.3 Å². The Morgan fingerprint density at radius 1 is 0.535 bits per heavy atom. The van der Waals surface area contributed by atoms with Crippen LogP contribution in [0, 0.1) is 5.41 Å². The highest BCUT2D eigenvalue weighted by atomic mass is 16.5. The van der Waals surface area contributed by atoms with Gasteiger partial charge in [0, 0.05) is 78.6 Å². The third-order valence-corrected chi connectivity index (χ3v) is 16.3. The molecule has 0 aliphatic heterocycles. The van der Waals surface area contributed by atoms with E-state index in [2.05, 4.69) is 87.3 Å². The number of aromatic amines is 3. The van der Waals surface area contributed by atoms with Crippen LogP contribution in [0.1, 0.15) is 67.2 Å². The van der Waals surface area contributed by atoms with Crippen molar-refractivity contribution in [1.29, 1.82) is 0 Å². The molecule has 1 aliphatic carbocycles. The summed E-state index contributed by atoms with van der Waals surface area (Å²) in [5.74, 6) is 3.61. The molecule has 6 aromatic carbocycles. The number of anilines is 6. The zero-order chi connectivity index (χ0) is 69.5. The van der Waals surface area contributed by atoms with Crippen LogP contribution in [0.4, 0.5) is 34.9 Å². The Labute approximate surface area is 568 Å². The minimum Gasteiger partial charge on any atom is -0.508 e. The van der Waals surface area contributed by atoms with Crippen molar-refractivity contribution in [2.45, 2.75) is 52.6 Å². The number of phenolic OH excluding ortho intramolecular Hbond substituents is 3. The first kappa shape index (κ1) is 66.4. The van der Waals surface area contributed by atoms with Gasteiger partial charge in [0.25, 0.3) is 11.8 Å². The summed E-state index contributed by atoms with van der Waals surface area (Å²) in [5, 5.41) is 51.4. The largest absolute Gasteiger partial charge is 0.508 e. The molecule has 1 saturated carbocycles. The SMILES string of the molecule is CNC(=O)c1ccc(Nc2nc(OC)c3c(-c4ccc(O)cc4)c[nH]c3n2)c(OC)c1.CNC(=O)c1ccc(Nc2nc(OCC(C)(C)C)c3c(-c4ccc(O)cc4)c[nH]c3n2)c(OC)c1.Cn1ncc2cc(Nc3nc(OC4CCCC4)c4c(-c5ccc(O)cc5)c[nH]c4n3)ccc21. The molecule has 0 bridgehead atoms. The van der Waals surface area contributed by atoms with Gasteiger partial charge in [-0.25, -0.2) is 0 Å². The quantitative estimate of drug-likeness (QED) is 0.0380. The number of benzene rings is 6. The number of carbonyl (C=O) groups excluding carboxylic acids is 2. The summed E-state index contributed by atoms with van der Waals surface area (Å²) in [6.07, 6.45) is 12.0. The fraction of sp³-hybridized carbons (Fsp3) is 0.219. The summed E-state index contributed by atoms with van der Waals surface area (Å²) >= 11 is 0. The number of amides is 2. The highest BCUT2D eigenvalue weighted by Gasteiger charge is 2.25. The average molecular weight is 1340 g/mol. The number of H-pyrrole nitrogens is 3. The number of ether oxygens (including phenoxy) is 5. The molecule has 26 heteroatoms. The summed E-state index contributed by atoms with van der Waals surface area (Å²) in [6.45, 7) is 6.70. The number of carbonyl (C=O) groups is 2. The van der Waals surface area contributed by atoms with Gasteiger partial charge in [-0.05, 0) is 139 Å². The number of hydrogen-bond donors (Lipinski definition) is 11. The number of fused-ring (bicyclic) bond motifs is 4. The molecule has 1 fully saturated rings. The van der Waals surface area contributed by atoms with Crippen molar-refractivity contribution in [1.82, 2.24) is 65.3 Å². The second-order valence-electron chi connectivity index (χ2n) is 24.5. The molecule has 14 rings (SSSR count). The van der Waals surface area contributed by atoms with Crippen LogP contribution in [-0.4, -0.2) is 130 Å². The van der Waals surface area contributed by atoms with E-state index in [4.69, 9.17) is 33.7 Å². The van der Waals surface area contributed by atoms with Gasteiger partial charge in [-0.2, -0.15) is 35.0 Å². The smallest absolute Gasteiger partial charge is 0.251 e. The predicted octanol–water partition coefficient (Wildman–Crippen LogP) is 13.6. The van der Waals surface area contributed by atoms with Crippen LogP contribution in [0.5, 0.6) is 46.4 Å². The van der Waals surface area contributed by atoms with Gasteiger partial charge in [0.15, 0.2) is 0 Å². The third kappa shape index (κ3) is 14.9. The minimum atomic E-state index is -0.211. The predicted molar refractivity (Wildman–Crippen MR) is 381 cm³/mol. The monoisotopic (exact) mass is 1330 g/mol. The molecule has 2 amide bonds. The second-order valence-corrected chi connectivity index (χ2v) is 24.5. The van der Waals surface area contributed by atoms with Crippen molar-refractivity contribution in [3.8, 4) is 79.8 Å². The maximum absolute atomic E-state index is 12.0. The Balaban J connectivity index is 0.000000141. The normalized spacial score (nSPS) is 12.1. The minimum absolute atomic E-state index is 0.0845. The highest BCUT2D eigenvalue weighted by Crippen LogP contribution is 2.41. The second kappa shape index (κ2) is 28.8. The lowest BCUT2D eigenvalue weighted by Crippen LogP contribution is -2.18. The van der Waals surface area contributed by atoms with Crippen LogP contribution in [0.15, 0.2) is 152 Å². The first-order valence-electron chi connectivity index (χ1n) is 31.8. The maximum Gasteiger partial charge on any atom is 0.251 e. The number of aromatic nitrogens is 11. The van der Waals surface area contributed by atoms with E-state index in [1.54, 1.807) is 86.9 Å².